The average molecular weight is 563 g/mol. The Kier molecular flexibility index (Phi) is 7.73. The van der Waals surface area contributed by atoms with Crippen molar-refractivity contribution in [3.05, 3.63) is 119 Å². The van der Waals surface area contributed by atoms with Gasteiger partial charge in [-0.1, -0.05) is 54.6 Å². The van der Waals surface area contributed by atoms with Crippen LogP contribution < -0.4 is 29.6 Å². The van der Waals surface area contributed by atoms with Gasteiger partial charge in [-0.3, -0.25) is 4.79 Å². The number of fused-ring (bicyclic) bond motifs is 1. The molecule has 7 nitrogen and oxygen atoms in total. The molecule has 6 rings (SSSR count). The first-order valence-corrected chi connectivity index (χ1v) is 14.0. The van der Waals surface area contributed by atoms with Gasteiger partial charge < -0.3 is 29.6 Å². The smallest absolute Gasteiger partial charge is 0.203 e. The van der Waals surface area contributed by atoms with E-state index < -0.39 is 0 Å². The van der Waals surface area contributed by atoms with Crippen LogP contribution in [0, 0.1) is 0 Å². The summed E-state index contributed by atoms with van der Waals surface area (Å²) in [6.07, 6.45) is 1.02. The van der Waals surface area contributed by atoms with Crippen molar-refractivity contribution < 1.29 is 23.7 Å². The summed E-state index contributed by atoms with van der Waals surface area (Å²) in [5.74, 6) is 2.50. The van der Waals surface area contributed by atoms with Gasteiger partial charge in [0.05, 0.1) is 38.7 Å². The summed E-state index contributed by atoms with van der Waals surface area (Å²) in [6, 6.07) is 29.7. The Labute approximate surface area is 246 Å². The first-order chi connectivity index (χ1) is 20.6. The number of hydrogen-bond donors (Lipinski definition) is 2. The Bertz CT molecular complexity index is 1590. The highest BCUT2D eigenvalue weighted by Gasteiger charge is 2.36. The summed E-state index contributed by atoms with van der Waals surface area (Å²) in [7, 11) is 4.79. The fraction of sp³-hybridized carbons (Fsp3) is 0.229. The van der Waals surface area contributed by atoms with E-state index in [9.17, 15) is 4.79 Å². The van der Waals surface area contributed by atoms with E-state index in [2.05, 4.69) is 10.6 Å². The number of benzene rings is 4. The first kappa shape index (κ1) is 27.3. The summed E-state index contributed by atoms with van der Waals surface area (Å²) in [5.41, 5.74) is 6.62. The van der Waals surface area contributed by atoms with Crippen LogP contribution in [-0.2, 0) is 11.4 Å². The van der Waals surface area contributed by atoms with E-state index in [-0.39, 0.29) is 17.7 Å². The fourth-order valence-electron chi connectivity index (χ4n) is 5.81. The third kappa shape index (κ3) is 5.38. The van der Waals surface area contributed by atoms with Crippen molar-refractivity contribution in [1.82, 2.24) is 0 Å². The van der Waals surface area contributed by atoms with Crippen LogP contribution in [0.4, 0.5) is 11.4 Å². The molecule has 0 saturated heterocycles. The van der Waals surface area contributed by atoms with Crippen LogP contribution in [0.1, 0.15) is 41.5 Å². The lowest BCUT2D eigenvalue weighted by atomic mass is 9.78. The molecule has 2 atom stereocenters. The van der Waals surface area contributed by atoms with Crippen molar-refractivity contribution in [3.63, 3.8) is 0 Å². The van der Waals surface area contributed by atoms with Crippen molar-refractivity contribution in [2.75, 3.05) is 32.0 Å². The van der Waals surface area contributed by atoms with E-state index >= 15 is 0 Å². The van der Waals surface area contributed by atoms with Crippen molar-refractivity contribution in [2.45, 2.75) is 31.4 Å². The summed E-state index contributed by atoms with van der Waals surface area (Å²) in [4.78, 5) is 14.0. The van der Waals surface area contributed by atoms with Gasteiger partial charge >= 0.3 is 0 Å². The number of carbonyl (C=O) groups excluding carboxylic acids is 1. The molecular formula is C35H34N2O5. The van der Waals surface area contributed by atoms with Crippen LogP contribution in [0.25, 0.3) is 0 Å². The highest BCUT2D eigenvalue weighted by Crippen LogP contribution is 2.47. The zero-order valence-electron chi connectivity index (χ0n) is 24.0. The maximum Gasteiger partial charge on any atom is 0.203 e. The highest BCUT2D eigenvalue weighted by molar-refractivity contribution is 6.01. The molecule has 1 aliphatic carbocycles. The summed E-state index contributed by atoms with van der Waals surface area (Å²) >= 11 is 0. The van der Waals surface area contributed by atoms with E-state index in [1.54, 1.807) is 21.3 Å². The Morgan fingerprint density at radius 3 is 2.07 bits per heavy atom. The van der Waals surface area contributed by atoms with Crippen LogP contribution in [0.15, 0.2) is 102 Å². The number of para-hydroxylation sites is 2. The van der Waals surface area contributed by atoms with Gasteiger partial charge in [0, 0.05) is 17.7 Å². The van der Waals surface area contributed by atoms with Gasteiger partial charge in [0.2, 0.25) is 5.75 Å². The van der Waals surface area contributed by atoms with Crippen LogP contribution in [0.2, 0.25) is 0 Å². The number of carbonyl (C=O) groups is 1. The minimum atomic E-state index is -0.312. The number of ketones is 1. The standard InChI is InChI=1S/C35H34N2O5/c1-39-31-19-25(20-32(40-2)35(31)41-3)24-17-29-33(30(38)18-24)34(37-28-12-8-7-11-27(28)36-29)23-13-15-26(16-14-23)42-21-22-9-5-4-6-10-22/h4-16,19-20,24,34,36-37H,17-18,21H2,1-3H3/t24-,34-/m1/s1. The molecule has 2 aliphatic rings. The number of methoxy groups -OCH3 is 3. The molecule has 0 amide bonds. The maximum atomic E-state index is 14.0. The molecule has 1 aliphatic heterocycles. The van der Waals surface area contributed by atoms with Gasteiger partial charge in [0.25, 0.3) is 0 Å². The molecule has 42 heavy (non-hydrogen) atoms. The van der Waals surface area contributed by atoms with Crippen molar-refractivity contribution in [2.24, 2.45) is 0 Å². The molecule has 7 heteroatoms. The Balaban J connectivity index is 1.33. The van der Waals surface area contributed by atoms with Crippen molar-refractivity contribution in [1.29, 1.82) is 0 Å². The van der Waals surface area contributed by atoms with Gasteiger partial charge in [-0.25, -0.2) is 0 Å². The van der Waals surface area contributed by atoms with Gasteiger partial charge in [-0.2, -0.15) is 0 Å². The predicted molar refractivity (Wildman–Crippen MR) is 164 cm³/mol. The molecule has 0 aromatic heterocycles. The quantitative estimate of drug-likeness (QED) is 0.234. The molecule has 0 saturated carbocycles. The van der Waals surface area contributed by atoms with Crippen LogP contribution in [-0.4, -0.2) is 27.1 Å². The topological polar surface area (TPSA) is 78.1 Å². The van der Waals surface area contributed by atoms with Gasteiger partial charge in [-0.05, 0) is 65.4 Å². The lowest BCUT2D eigenvalue weighted by molar-refractivity contribution is -0.116. The Morgan fingerprint density at radius 2 is 1.40 bits per heavy atom. The molecule has 2 N–H and O–H groups in total. The van der Waals surface area contributed by atoms with Crippen molar-refractivity contribution >= 4 is 17.2 Å². The van der Waals surface area contributed by atoms with Gasteiger partial charge in [-0.15, -0.1) is 0 Å². The summed E-state index contributed by atoms with van der Waals surface area (Å²) < 4.78 is 22.7. The largest absolute Gasteiger partial charge is 0.493 e. The minimum Gasteiger partial charge on any atom is -0.493 e. The van der Waals surface area contributed by atoms with E-state index in [4.69, 9.17) is 18.9 Å². The lowest BCUT2D eigenvalue weighted by Gasteiger charge is -2.30. The Morgan fingerprint density at radius 1 is 0.738 bits per heavy atom. The second-order valence-corrected chi connectivity index (χ2v) is 10.5. The number of allylic oxidation sites excluding steroid dienone is 1. The van der Waals surface area contributed by atoms with Gasteiger partial charge in [0.1, 0.15) is 12.4 Å². The zero-order chi connectivity index (χ0) is 29.1. The molecular weight excluding hydrogens is 528 g/mol. The van der Waals surface area contributed by atoms with Crippen molar-refractivity contribution in [3.8, 4) is 23.0 Å². The number of hydrogen-bond acceptors (Lipinski definition) is 7. The Hall–Kier alpha value is -4.91. The average Bonchev–Trinajstić information content (AvgIpc) is 3.21. The van der Waals surface area contributed by atoms with E-state index in [0.29, 0.717) is 36.7 Å². The number of rotatable bonds is 8. The second kappa shape index (κ2) is 11.9. The molecule has 1 heterocycles. The normalized spacial score (nSPS) is 17.6. The summed E-state index contributed by atoms with van der Waals surface area (Å²) in [6.45, 7) is 0.495. The molecule has 0 spiro atoms. The minimum absolute atomic E-state index is 0.0582. The molecule has 4 aromatic carbocycles. The SMILES string of the molecule is COc1cc([C@H]2CC(=O)C3=C(C2)Nc2ccccc2N[C@@H]3c2ccc(OCc3ccccc3)cc2)cc(OC)c1OC. The van der Waals surface area contributed by atoms with E-state index in [1.165, 1.54) is 0 Å². The molecule has 4 aromatic rings. The first-order valence-electron chi connectivity index (χ1n) is 14.0. The van der Waals surface area contributed by atoms with E-state index in [1.807, 2.05) is 91.0 Å². The number of ether oxygens (including phenoxy) is 4. The third-order valence-electron chi connectivity index (χ3n) is 7.93. The van der Waals surface area contributed by atoms with Gasteiger partial charge in [0.15, 0.2) is 17.3 Å². The predicted octanol–water partition coefficient (Wildman–Crippen LogP) is 7.27. The molecule has 0 radical (unpaired) electrons. The fourth-order valence-corrected chi connectivity index (χ4v) is 5.81. The monoisotopic (exact) mass is 562 g/mol. The van der Waals surface area contributed by atoms with Crippen LogP contribution >= 0.6 is 0 Å². The van der Waals surface area contributed by atoms with Crippen LogP contribution in [0.3, 0.4) is 0 Å². The molecule has 214 valence electrons. The number of nitrogens with one attached hydrogen (secondary N) is 2. The second-order valence-electron chi connectivity index (χ2n) is 10.5. The lowest BCUT2D eigenvalue weighted by Crippen LogP contribution is -2.27. The third-order valence-corrected chi connectivity index (χ3v) is 7.93. The molecule has 0 unspecified atom stereocenters. The van der Waals surface area contributed by atoms with E-state index in [0.717, 1.165) is 45.1 Å². The number of anilines is 2. The highest BCUT2D eigenvalue weighted by atomic mass is 16.5. The maximum absolute atomic E-state index is 14.0. The van der Waals surface area contributed by atoms with Crippen LogP contribution in [0.5, 0.6) is 23.0 Å². The zero-order valence-corrected chi connectivity index (χ0v) is 24.0. The number of Topliss-reactive ketones (excluding diaryl/α,β-unsaturated/α-hetero) is 1. The summed E-state index contributed by atoms with van der Waals surface area (Å²) in [5, 5.41) is 7.26. The molecule has 0 bridgehead atoms. The molecule has 0 fully saturated rings.